The molecule has 2 unspecified atom stereocenters. The highest BCUT2D eigenvalue weighted by molar-refractivity contribution is 5.33. The third-order valence-electron chi connectivity index (χ3n) is 3.60. The van der Waals surface area contributed by atoms with Gasteiger partial charge in [0.15, 0.2) is 0 Å². The van der Waals surface area contributed by atoms with Gasteiger partial charge in [0.25, 0.3) is 0 Å². The van der Waals surface area contributed by atoms with Crippen LogP contribution in [-0.4, -0.2) is 17.8 Å². The van der Waals surface area contributed by atoms with Gasteiger partial charge in [-0.15, -0.1) is 0 Å². The molecular weight excluding hydrogens is 186 g/mol. The predicted octanol–water partition coefficient (Wildman–Crippen LogP) is 1.64. The third-order valence-corrected chi connectivity index (χ3v) is 3.60. The lowest BCUT2D eigenvalue weighted by Crippen LogP contribution is -2.38. The summed E-state index contributed by atoms with van der Waals surface area (Å²) in [4.78, 5) is 0. The van der Waals surface area contributed by atoms with Crippen LogP contribution < -0.4 is 5.32 Å². The maximum Gasteiger partial charge on any atom is 0.0763 e. The number of aliphatic hydroxyl groups is 1. The van der Waals surface area contributed by atoms with Crippen LogP contribution in [0, 0.1) is 5.92 Å². The second-order valence-corrected chi connectivity index (χ2v) is 4.71. The number of nitrogens with one attached hydrogen (secondary N) is 1. The van der Waals surface area contributed by atoms with Crippen LogP contribution in [0.15, 0.2) is 24.3 Å². The Kier molecular flexibility index (Phi) is 2.26. The first-order valence-corrected chi connectivity index (χ1v) is 5.85. The number of hydrogen-bond acceptors (Lipinski definition) is 2. The zero-order valence-corrected chi connectivity index (χ0v) is 8.82. The van der Waals surface area contributed by atoms with Crippen molar-refractivity contribution in [1.29, 1.82) is 0 Å². The first-order valence-electron chi connectivity index (χ1n) is 5.85. The molecule has 2 atom stereocenters. The lowest BCUT2D eigenvalue weighted by Gasteiger charge is -2.30. The topological polar surface area (TPSA) is 32.3 Å². The van der Waals surface area contributed by atoms with Crippen molar-refractivity contribution in [2.75, 3.05) is 6.54 Å². The SMILES string of the molecule is OC(C1CC1)C1NCCc2ccccc21. The van der Waals surface area contributed by atoms with Crippen LogP contribution in [0.4, 0.5) is 0 Å². The zero-order valence-electron chi connectivity index (χ0n) is 8.82. The Morgan fingerprint density at radius 2 is 2.07 bits per heavy atom. The van der Waals surface area contributed by atoms with E-state index < -0.39 is 0 Å². The van der Waals surface area contributed by atoms with Crippen molar-refractivity contribution in [2.24, 2.45) is 5.92 Å². The number of fused-ring (bicyclic) bond motifs is 1. The molecule has 0 bridgehead atoms. The predicted molar refractivity (Wildman–Crippen MR) is 59.6 cm³/mol. The van der Waals surface area contributed by atoms with Gasteiger partial charge in [-0.3, -0.25) is 0 Å². The van der Waals surface area contributed by atoms with E-state index in [0.29, 0.717) is 5.92 Å². The highest BCUT2D eigenvalue weighted by Gasteiger charge is 2.37. The van der Waals surface area contributed by atoms with E-state index in [1.807, 2.05) is 0 Å². The van der Waals surface area contributed by atoms with E-state index in [9.17, 15) is 5.11 Å². The molecule has 2 aliphatic rings. The second-order valence-electron chi connectivity index (χ2n) is 4.71. The average molecular weight is 203 g/mol. The maximum atomic E-state index is 10.2. The van der Waals surface area contributed by atoms with Crippen LogP contribution in [0.5, 0.6) is 0 Å². The van der Waals surface area contributed by atoms with E-state index >= 15 is 0 Å². The maximum absolute atomic E-state index is 10.2. The summed E-state index contributed by atoms with van der Waals surface area (Å²) in [5.74, 6) is 0.536. The van der Waals surface area contributed by atoms with Crippen molar-refractivity contribution in [3.63, 3.8) is 0 Å². The third kappa shape index (κ3) is 1.68. The Hall–Kier alpha value is -0.860. The minimum atomic E-state index is -0.188. The summed E-state index contributed by atoms with van der Waals surface area (Å²) in [6, 6.07) is 8.66. The van der Waals surface area contributed by atoms with Crippen molar-refractivity contribution in [3.05, 3.63) is 35.4 Å². The van der Waals surface area contributed by atoms with Crippen LogP contribution in [0.2, 0.25) is 0 Å². The summed E-state index contributed by atoms with van der Waals surface area (Å²) >= 11 is 0. The van der Waals surface area contributed by atoms with E-state index in [-0.39, 0.29) is 12.1 Å². The Labute approximate surface area is 90.3 Å². The fourth-order valence-electron chi connectivity index (χ4n) is 2.55. The second kappa shape index (κ2) is 3.62. The van der Waals surface area contributed by atoms with Gasteiger partial charge in [-0.05, 0) is 42.9 Å². The number of benzene rings is 1. The summed E-state index contributed by atoms with van der Waals surface area (Å²) in [6.07, 6.45) is 3.29. The molecule has 1 fully saturated rings. The Morgan fingerprint density at radius 3 is 2.87 bits per heavy atom. The molecule has 0 saturated heterocycles. The van der Waals surface area contributed by atoms with Crippen molar-refractivity contribution < 1.29 is 5.11 Å². The van der Waals surface area contributed by atoms with Crippen molar-refractivity contribution in [1.82, 2.24) is 5.32 Å². The highest BCUT2D eigenvalue weighted by atomic mass is 16.3. The van der Waals surface area contributed by atoms with Crippen LogP contribution >= 0.6 is 0 Å². The van der Waals surface area contributed by atoms with Gasteiger partial charge in [0.1, 0.15) is 0 Å². The Morgan fingerprint density at radius 1 is 1.27 bits per heavy atom. The van der Waals surface area contributed by atoms with Crippen molar-refractivity contribution in [2.45, 2.75) is 31.4 Å². The van der Waals surface area contributed by atoms with Gasteiger partial charge in [0.2, 0.25) is 0 Å². The monoisotopic (exact) mass is 203 g/mol. The molecule has 1 saturated carbocycles. The molecule has 0 radical (unpaired) electrons. The Balaban J connectivity index is 1.91. The standard InChI is InChI=1S/C13H17NO/c15-13(10-5-6-10)12-11-4-2-1-3-9(11)7-8-14-12/h1-4,10,12-15H,5-8H2. The quantitative estimate of drug-likeness (QED) is 0.766. The van der Waals surface area contributed by atoms with E-state index in [0.717, 1.165) is 13.0 Å². The molecular formula is C13H17NO. The molecule has 3 rings (SSSR count). The van der Waals surface area contributed by atoms with Gasteiger partial charge in [-0.1, -0.05) is 24.3 Å². The van der Waals surface area contributed by atoms with Gasteiger partial charge in [-0.2, -0.15) is 0 Å². The van der Waals surface area contributed by atoms with Crippen molar-refractivity contribution in [3.8, 4) is 0 Å². The molecule has 80 valence electrons. The zero-order chi connectivity index (χ0) is 10.3. The van der Waals surface area contributed by atoms with E-state index in [1.54, 1.807) is 0 Å². The molecule has 0 amide bonds. The smallest absolute Gasteiger partial charge is 0.0763 e. The fraction of sp³-hybridized carbons (Fsp3) is 0.538. The summed E-state index contributed by atoms with van der Waals surface area (Å²) in [7, 11) is 0. The normalized spacial score (nSPS) is 27.1. The van der Waals surface area contributed by atoms with E-state index in [4.69, 9.17) is 0 Å². The summed E-state index contributed by atoms with van der Waals surface area (Å²) in [6.45, 7) is 0.992. The summed E-state index contributed by atoms with van der Waals surface area (Å²) < 4.78 is 0. The summed E-state index contributed by atoms with van der Waals surface area (Å²) in [5.41, 5.74) is 2.71. The number of hydrogen-bond donors (Lipinski definition) is 2. The minimum Gasteiger partial charge on any atom is -0.391 e. The molecule has 15 heavy (non-hydrogen) atoms. The van der Waals surface area contributed by atoms with Crippen LogP contribution in [-0.2, 0) is 6.42 Å². The molecule has 2 N–H and O–H groups in total. The lowest BCUT2D eigenvalue weighted by atomic mass is 9.89. The molecule has 0 aromatic heterocycles. The van der Waals surface area contributed by atoms with Crippen LogP contribution in [0.3, 0.4) is 0 Å². The molecule has 2 heteroatoms. The Bertz CT molecular complexity index is 359. The number of aliphatic hydroxyl groups excluding tert-OH is 1. The van der Waals surface area contributed by atoms with Gasteiger partial charge in [0.05, 0.1) is 12.1 Å². The number of rotatable bonds is 2. The van der Waals surface area contributed by atoms with Crippen LogP contribution in [0.1, 0.15) is 30.0 Å². The first-order chi connectivity index (χ1) is 7.36. The minimum absolute atomic E-state index is 0.169. The average Bonchev–Trinajstić information content (AvgIpc) is 3.11. The van der Waals surface area contributed by atoms with E-state index in [1.165, 1.54) is 24.0 Å². The van der Waals surface area contributed by atoms with Gasteiger partial charge >= 0.3 is 0 Å². The highest BCUT2D eigenvalue weighted by Crippen LogP contribution is 2.39. The van der Waals surface area contributed by atoms with Gasteiger partial charge in [0, 0.05) is 0 Å². The van der Waals surface area contributed by atoms with Crippen LogP contribution in [0.25, 0.3) is 0 Å². The molecule has 1 aliphatic carbocycles. The molecule has 2 nitrogen and oxygen atoms in total. The van der Waals surface area contributed by atoms with E-state index in [2.05, 4.69) is 29.6 Å². The van der Waals surface area contributed by atoms with Crippen molar-refractivity contribution >= 4 is 0 Å². The van der Waals surface area contributed by atoms with Gasteiger partial charge < -0.3 is 10.4 Å². The molecule has 1 heterocycles. The molecule has 1 aromatic carbocycles. The lowest BCUT2D eigenvalue weighted by molar-refractivity contribution is 0.103. The molecule has 0 spiro atoms. The first kappa shape index (κ1) is 9.37. The molecule has 1 aromatic rings. The fourth-order valence-corrected chi connectivity index (χ4v) is 2.55. The summed E-state index contributed by atoms with van der Waals surface area (Å²) in [5, 5.41) is 13.6. The largest absolute Gasteiger partial charge is 0.391 e. The molecule has 1 aliphatic heterocycles. The van der Waals surface area contributed by atoms with Gasteiger partial charge in [-0.25, -0.2) is 0 Å².